The van der Waals surface area contributed by atoms with Crippen molar-refractivity contribution in [2.45, 2.75) is 39.3 Å². The first kappa shape index (κ1) is 25.8. The van der Waals surface area contributed by atoms with Crippen LogP contribution < -0.4 is 5.32 Å². The molecule has 34 heavy (non-hydrogen) atoms. The molecule has 0 fully saturated rings. The summed E-state index contributed by atoms with van der Waals surface area (Å²) in [6.45, 7) is 4.82. The maximum atomic E-state index is 13.6. The smallest absolute Gasteiger partial charge is 0.243 e. The molecule has 0 saturated heterocycles. The van der Waals surface area contributed by atoms with Crippen LogP contribution in [-0.2, 0) is 29.0 Å². The van der Waals surface area contributed by atoms with Crippen molar-refractivity contribution in [3.63, 3.8) is 0 Å². The summed E-state index contributed by atoms with van der Waals surface area (Å²) in [7, 11) is 0. The van der Waals surface area contributed by atoms with Gasteiger partial charge in [0.05, 0.1) is 6.42 Å². The maximum absolute atomic E-state index is 13.6. The average molecular weight is 497 g/mol. The molecule has 0 aromatic heterocycles. The van der Waals surface area contributed by atoms with Crippen LogP contribution in [0, 0.1) is 5.92 Å². The summed E-state index contributed by atoms with van der Waals surface area (Å²) in [5, 5.41) is 4.01. The monoisotopic (exact) mass is 496 g/mol. The molecule has 0 saturated carbocycles. The normalized spacial score (nSPS) is 11.8. The van der Waals surface area contributed by atoms with E-state index in [4.69, 9.17) is 23.2 Å². The second kappa shape index (κ2) is 12.6. The number of carbonyl (C=O) groups is 2. The molecule has 0 aliphatic heterocycles. The van der Waals surface area contributed by atoms with E-state index in [-0.39, 0.29) is 24.8 Å². The molecular formula is C28H30Cl2N2O2. The third-order valence-corrected chi connectivity index (χ3v) is 6.10. The van der Waals surface area contributed by atoms with Gasteiger partial charge in [0.25, 0.3) is 0 Å². The molecule has 178 valence electrons. The fraction of sp³-hybridized carbons (Fsp3) is 0.286. The summed E-state index contributed by atoms with van der Waals surface area (Å²) in [5.74, 6) is -0.0256. The third kappa shape index (κ3) is 7.61. The van der Waals surface area contributed by atoms with E-state index < -0.39 is 6.04 Å². The SMILES string of the molecule is CC(C)CNC(=O)[C@H](Cc1ccccc1)N(Cc1ccc(Cl)cc1Cl)C(=O)Cc1ccccc1. The molecule has 4 nitrogen and oxygen atoms in total. The molecule has 0 aliphatic carbocycles. The van der Waals surface area contributed by atoms with Crippen molar-refractivity contribution in [1.82, 2.24) is 10.2 Å². The van der Waals surface area contributed by atoms with Gasteiger partial charge in [0.2, 0.25) is 11.8 Å². The zero-order chi connectivity index (χ0) is 24.5. The quantitative estimate of drug-likeness (QED) is 0.377. The second-order valence-corrected chi connectivity index (χ2v) is 9.61. The molecule has 1 N–H and O–H groups in total. The minimum absolute atomic E-state index is 0.141. The Bertz CT molecular complexity index is 1090. The van der Waals surface area contributed by atoms with Crippen molar-refractivity contribution < 1.29 is 9.59 Å². The molecule has 1 atom stereocenters. The molecule has 6 heteroatoms. The van der Waals surface area contributed by atoms with E-state index >= 15 is 0 Å². The van der Waals surface area contributed by atoms with Crippen LogP contribution in [0.1, 0.15) is 30.5 Å². The van der Waals surface area contributed by atoms with Crippen molar-refractivity contribution >= 4 is 35.0 Å². The van der Waals surface area contributed by atoms with Crippen LogP contribution in [0.25, 0.3) is 0 Å². The van der Waals surface area contributed by atoms with Crippen LogP contribution in [0.5, 0.6) is 0 Å². The minimum atomic E-state index is -0.691. The van der Waals surface area contributed by atoms with Crippen LogP contribution in [0.3, 0.4) is 0 Å². The number of benzene rings is 3. The number of rotatable bonds is 10. The van der Waals surface area contributed by atoms with E-state index in [0.29, 0.717) is 28.9 Å². The Labute approximate surface area is 211 Å². The van der Waals surface area contributed by atoms with Crippen molar-refractivity contribution in [1.29, 1.82) is 0 Å². The zero-order valence-electron chi connectivity index (χ0n) is 19.5. The largest absolute Gasteiger partial charge is 0.354 e. The van der Waals surface area contributed by atoms with E-state index in [9.17, 15) is 9.59 Å². The average Bonchev–Trinajstić information content (AvgIpc) is 2.82. The van der Waals surface area contributed by atoms with Crippen LogP contribution in [-0.4, -0.2) is 29.3 Å². The van der Waals surface area contributed by atoms with Crippen molar-refractivity contribution in [2.75, 3.05) is 6.54 Å². The lowest BCUT2D eigenvalue weighted by Crippen LogP contribution is -2.51. The van der Waals surface area contributed by atoms with Gasteiger partial charge in [-0.3, -0.25) is 9.59 Å². The van der Waals surface area contributed by atoms with Gasteiger partial charge in [-0.25, -0.2) is 0 Å². The van der Waals surface area contributed by atoms with E-state index in [2.05, 4.69) is 5.32 Å². The van der Waals surface area contributed by atoms with Gasteiger partial charge in [-0.2, -0.15) is 0 Å². The standard InChI is InChI=1S/C28H30Cl2N2O2/c1-20(2)18-31-28(34)26(15-21-9-5-3-6-10-21)32(19-23-13-14-24(29)17-25(23)30)27(33)16-22-11-7-4-8-12-22/h3-14,17,20,26H,15-16,18-19H2,1-2H3,(H,31,34)/t26-/m0/s1. The highest BCUT2D eigenvalue weighted by atomic mass is 35.5. The number of hydrogen-bond donors (Lipinski definition) is 1. The predicted molar refractivity (Wildman–Crippen MR) is 139 cm³/mol. The fourth-order valence-electron chi connectivity index (χ4n) is 3.68. The van der Waals surface area contributed by atoms with E-state index in [1.807, 2.05) is 74.5 Å². The van der Waals surface area contributed by atoms with Gasteiger partial charge in [-0.1, -0.05) is 104 Å². The number of nitrogens with one attached hydrogen (secondary N) is 1. The molecule has 0 aliphatic rings. The fourth-order valence-corrected chi connectivity index (χ4v) is 4.15. The summed E-state index contributed by atoms with van der Waals surface area (Å²) in [6.07, 6.45) is 0.589. The first-order valence-corrected chi connectivity index (χ1v) is 12.2. The van der Waals surface area contributed by atoms with Crippen molar-refractivity contribution in [3.8, 4) is 0 Å². The molecule has 0 heterocycles. The molecule has 3 aromatic rings. The predicted octanol–water partition coefficient (Wildman–Crippen LogP) is 5.95. The number of amides is 2. The van der Waals surface area contributed by atoms with Crippen molar-refractivity contribution in [2.24, 2.45) is 5.92 Å². The lowest BCUT2D eigenvalue weighted by molar-refractivity contribution is -0.140. The Balaban J connectivity index is 1.97. The molecule has 0 radical (unpaired) electrons. The summed E-state index contributed by atoms with van der Waals surface area (Å²) < 4.78 is 0. The van der Waals surface area contributed by atoms with Gasteiger partial charge in [0, 0.05) is 29.6 Å². The number of carbonyl (C=O) groups excluding carboxylic acids is 2. The van der Waals surface area contributed by atoms with Gasteiger partial charge in [-0.05, 0) is 34.7 Å². The summed E-state index contributed by atoms with van der Waals surface area (Å²) in [6, 6.07) is 23.8. The first-order chi connectivity index (χ1) is 16.3. The highest BCUT2D eigenvalue weighted by Gasteiger charge is 2.30. The molecular weight excluding hydrogens is 467 g/mol. The zero-order valence-corrected chi connectivity index (χ0v) is 21.0. The van der Waals surface area contributed by atoms with E-state index in [1.54, 1.807) is 23.1 Å². The van der Waals surface area contributed by atoms with Crippen LogP contribution in [0.2, 0.25) is 10.0 Å². The van der Waals surface area contributed by atoms with Gasteiger partial charge >= 0.3 is 0 Å². The Hall–Kier alpha value is -2.82. The lowest BCUT2D eigenvalue weighted by atomic mass is 10.0. The van der Waals surface area contributed by atoms with Gasteiger partial charge in [0.15, 0.2) is 0 Å². The Morgan fingerprint density at radius 2 is 1.50 bits per heavy atom. The Morgan fingerprint density at radius 1 is 0.882 bits per heavy atom. The van der Waals surface area contributed by atoms with Crippen LogP contribution in [0.15, 0.2) is 78.9 Å². The van der Waals surface area contributed by atoms with Gasteiger partial charge in [-0.15, -0.1) is 0 Å². The summed E-state index contributed by atoms with van der Waals surface area (Å²) in [5.41, 5.74) is 2.61. The van der Waals surface area contributed by atoms with Gasteiger partial charge in [0.1, 0.15) is 6.04 Å². The summed E-state index contributed by atoms with van der Waals surface area (Å²) >= 11 is 12.5. The topological polar surface area (TPSA) is 49.4 Å². The second-order valence-electron chi connectivity index (χ2n) is 8.76. The highest BCUT2D eigenvalue weighted by Crippen LogP contribution is 2.24. The maximum Gasteiger partial charge on any atom is 0.243 e. The molecule has 3 aromatic carbocycles. The van der Waals surface area contributed by atoms with E-state index in [1.165, 1.54) is 0 Å². The molecule has 0 bridgehead atoms. The molecule has 2 amide bonds. The van der Waals surface area contributed by atoms with Crippen LogP contribution in [0.4, 0.5) is 0 Å². The first-order valence-electron chi connectivity index (χ1n) is 11.4. The Kier molecular flexibility index (Phi) is 9.55. The van der Waals surface area contributed by atoms with Crippen LogP contribution >= 0.6 is 23.2 Å². The highest BCUT2D eigenvalue weighted by molar-refractivity contribution is 6.35. The third-order valence-electron chi connectivity index (χ3n) is 5.51. The molecule has 0 unspecified atom stereocenters. The molecule has 0 spiro atoms. The number of halogens is 2. The minimum Gasteiger partial charge on any atom is -0.354 e. The van der Waals surface area contributed by atoms with E-state index in [0.717, 1.165) is 16.7 Å². The summed E-state index contributed by atoms with van der Waals surface area (Å²) in [4.78, 5) is 28.7. The lowest BCUT2D eigenvalue weighted by Gasteiger charge is -2.32. The Morgan fingerprint density at radius 3 is 2.09 bits per heavy atom. The molecule has 3 rings (SSSR count). The number of nitrogens with zero attached hydrogens (tertiary/aromatic N) is 1. The van der Waals surface area contributed by atoms with Crippen molar-refractivity contribution in [3.05, 3.63) is 106 Å². The van der Waals surface area contributed by atoms with Gasteiger partial charge < -0.3 is 10.2 Å². The number of hydrogen-bond acceptors (Lipinski definition) is 2.